The molecule has 0 aromatic heterocycles. The molecule has 0 bridgehead atoms. The Morgan fingerprint density at radius 3 is 2.46 bits per heavy atom. The average Bonchev–Trinajstić information content (AvgIpc) is 2.57. The molecule has 9 heteroatoms. The predicted molar refractivity (Wildman–Crippen MR) is 104 cm³/mol. The molecule has 0 spiro atoms. The van der Waals surface area contributed by atoms with Crippen LogP contribution < -0.4 is 10.6 Å². The molecule has 0 atom stereocenters. The first-order chi connectivity index (χ1) is 11.0. The maximum Gasteiger partial charge on any atom is 0.243 e. The van der Waals surface area contributed by atoms with E-state index in [9.17, 15) is 4.79 Å². The zero-order valence-corrected chi connectivity index (χ0v) is 17.4. The summed E-state index contributed by atoms with van der Waals surface area (Å²) >= 11 is 0. The summed E-state index contributed by atoms with van der Waals surface area (Å²) in [6.45, 7) is 3.27. The highest BCUT2D eigenvalue weighted by atomic mass is 127. The normalized spacial score (nSPS) is 16.9. The van der Waals surface area contributed by atoms with Crippen LogP contribution in [0.3, 0.4) is 0 Å². The molecule has 1 aliphatic rings. The number of halogens is 1. The van der Waals surface area contributed by atoms with Gasteiger partial charge in [0.15, 0.2) is 5.96 Å². The lowest BCUT2D eigenvalue weighted by Gasteiger charge is -2.36. The molecule has 0 saturated carbocycles. The Labute approximate surface area is 161 Å². The summed E-state index contributed by atoms with van der Waals surface area (Å²) in [5.41, 5.74) is -0.256. The van der Waals surface area contributed by atoms with Crippen LogP contribution in [-0.2, 0) is 19.0 Å². The molecule has 0 aliphatic carbocycles. The number of nitrogens with zero attached hydrogens (tertiary/aromatic N) is 2. The molecule has 0 unspecified atom stereocenters. The Morgan fingerprint density at radius 2 is 1.92 bits per heavy atom. The smallest absolute Gasteiger partial charge is 0.243 e. The van der Waals surface area contributed by atoms with Crippen molar-refractivity contribution in [3.63, 3.8) is 0 Å². The molecule has 0 aromatic carbocycles. The van der Waals surface area contributed by atoms with Gasteiger partial charge in [-0.2, -0.15) is 0 Å². The lowest BCUT2D eigenvalue weighted by Crippen LogP contribution is -2.51. The highest BCUT2D eigenvalue weighted by molar-refractivity contribution is 14.0. The standard InChI is InChI=1S/C15H30N4O4.HI/c1-19(2)13(20)11-17-14(16-7-10-21-3)18-12-15(22-4)5-8-23-9-6-15;/h5-12H2,1-4H3,(H2,16,17,18);1H. The summed E-state index contributed by atoms with van der Waals surface area (Å²) in [4.78, 5) is 17.5. The highest BCUT2D eigenvalue weighted by Gasteiger charge is 2.32. The van der Waals surface area contributed by atoms with Gasteiger partial charge >= 0.3 is 0 Å². The van der Waals surface area contributed by atoms with Gasteiger partial charge in [-0.25, -0.2) is 4.99 Å². The molecule has 142 valence electrons. The SMILES string of the molecule is COCCNC(=NCC(=O)N(C)C)NCC1(OC)CCOCC1.I. The molecule has 1 rings (SSSR count). The number of methoxy groups -OCH3 is 2. The van der Waals surface area contributed by atoms with Crippen LogP contribution in [0.4, 0.5) is 0 Å². The summed E-state index contributed by atoms with van der Waals surface area (Å²) in [7, 11) is 6.79. The van der Waals surface area contributed by atoms with Crippen molar-refractivity contribution in [2.75, 3.05) is 67.8 Å². The number of aliphatic imine (C=N–C) groups is 1. The van der Waals surface area contributed by atoms with E-state index in [1.807, 2.05) is 0 Å². The quantitative estimate of drug-likeness (QED) is 0.232. The van der Waals surface area contributed by atoms with Crippen LogP contribution in [0.1, 0.15) is 12.8 Å². The zero-order valence-electron chi connectivity index (χ0n) is 15.1. The maximum absolute atomic E-state index is 11.7. The number of guanidine groups is 1. The summed E-state index contributed by atoms with van der Waals surface area (Å²) < 4.78 is 16.1. The number of likely N-dealkylation sites (N-methyl/N-ethyl adjacent to an activating group) is 1. The van der Waals surface area contributed by atoms with Crippen molar-refractivity contribution in [3.05, 3.63) is 0 Å². The molecule has 1 saturated heterocycles. The minimum absolute atomic E-state index is 0. The Bertz CT molecular complexity index is 388. The number of ether oxygens (including phenoxy) is 3. The predicted octanol–water partition coefficient (Wildman–Crippen LogP) is 0.0698. The third-order valence-electron chi connectivity index (χ3n) is 3.88. The number of amides is 1. The Kier molecular flexibility index (Phi) is 12.3. The lowest BCUT2D eigenvalue weighted by atomic mass is 9.94. The van der Waals surface area contributed by atoms with Crippen LogP contribution in [0.15, 0.2) is 4.99 Å². The van der Waals surface area contributed by atoms with Crippen molar-refractivity contribution in [2.24, 2.45) is 4.99 Å². The molecular weight excluding hydrogens is 427 g/mol. The van der Waals surface area contributed by atoms with Gasteiger partial charge in [0.2, 0.25) is 5.91 Å². The number of carbonyl (C=O) groups excluding carboxylic acids is 1. The van der Waals surface area contributed by atoms with Gasteiger partial charge in [-0.1, -0.05) is 0 Å². The molecule has 0 aromatic rings. The fourth-order valence-corrected chi connectivity index (χ4v) is 2.18. The van der Waals surface area contributed by atoms with E-state index >= 15 is 0 Å². The molecule has 2 N–H and O–H groups in total. The molecule has 1 amide bonds. The third-order valence-corrected chi connectivity index (χ3v) is 3.88. The van der Waals surface area contributed by atoms with Crippen molar-refractivity contribution in [1.82, 2.24) is 15.5 Å². The van der Waals surface area contributed by atoms with Gasteiger partial charge in [0, 0.05) is 67.5 Å². The second-order valence-electron chi connectivity index (χ2n) is 5.73. The highest BCUT2D eigenvalue weighted by Crippen LogP contribution is 2.23. The lowest BCUT2D eigenvalue weighted by molar-refractivity contribution is -0.127. The Hall–Kier alpha value is -0.650. The van der Waals surface area contributed by atoms with Crippen LogP contribution in [0.5, 0.6) is 0 Å². The van der Waals surface area contributed by atoms with Gasteiger partial charge in [-0.15, -0.1) is 24.0 Å². The van der Waals surface area contributed by atoms with E-state index in [0.29, 0.717) is 38.9 Å². The second kappa shape index (κ2) is 12.7. The molecule has 1 fully saturated rings. The maximum atomic E-state index is 11.7. The van der Waals surface area contributed by atoms with Crippen molar-refractivity contribution in [2.45, 2.75) is 18.4 Å². The minimum atomic E-state index is -0.256. The van der Waals surface area contributed by atoms with Crippen molar-refractivity contribution >= 4 is 35.8 Å². The van der Waals surface area contributed by atoms with Gasteiger partial charge < -0.3 is 29.7 Å². The Morgan fingerprint density at radius 1 is 1.25 bits per heavy atom. The first-order valence-electron chi connectivity index (χ1n) is 7.87. The molecule has 1 heterocycles. The molecule has 24 heavy (non-hydrogen) atoms. The van der Waals surface area contributed by atoms with E-state index in [1.165, 1.54) is 4.90 Å². The largest absolute Gasteiger partial charge is 0.383 e. The van der Waals surface area contributed by atoms with E-state index in [0.717, 1.165) is 12.8 Å². The summed E-state index contributed by atoms with van der Waals surface area (Å²) in [6.07, 6.45) is 1.66. The van der Waals surface area contributed by atoms with Gasteiger partial charge in [0.1, 0.15) is 6.54 Å². The molecular formula is C15H31IN4O4. The summed E-state index contributed by atoms with van der Waals surface area (Å²) in [5, 5.41) is 6.42. The topological polar surface area (TPSA) is 84.4 Å². The number of rotatable bonds is 8. The van der Waals surface area contributed by atoms with E-state index < -0.39 is 0 Å². The van der Waals surface area contributed by atoms with Crippen LogP contribution in [0.25, 0.3) is 0 Å². The van der Waals surface area contributed by atoms with Crippen molar-refractivity contribution in [3.8, 4) is 0 Å². The molecule has 0 radical (unpaired) electrons. The van der Waals surface area contributed by atoms with Crippen LogP contribution in [0, 0.1) is 0 Å². The van der Waals surface area contributed by atoms with Gasteiger partial charge in [-0.05, 0) is 0 Å². The Balaban J connectivity index is 0.00000529. The molecule has 8 nitrogen and oxygen atoms in total. The van der Waals surface area contributed by atoms with Crippen LogP contribution >= 0.6 is 24.0 Å². The monoisotopic (exact) mass is 458 g/mol. The van der Waals surface area contributed by atoms with Crippen LogP contribution in [0.2, 0.25) is 0 Å². The van der Waals surface area contributed by atoms with E-state index in [4.69, 9.17) is 14.2 Å². The molecule has 1 aliphatic heterocycles. The fourth-order valence-electron chi connectivity index (χ4n) is 2.18. The number of nitrogens with one attached hydrogen (secondary N) is 2. The number of hydrogen-bond donors (Lipinski definition) is 2. The second-order valence-corrected chi connectivity index (χ2v) is 5.73. The van der Waals surface area contributed by atoms with Crippen LogP contribution in [-0.4, -0.2) is 90.1 Å². The van der Waals surface area contributed by atoms with Crippen molar-refractivity contribution < 1.29 is 19.0 Å². The fraction of sp³-hybridized carbons (Fsp3) is 0.867. The summed E-state index contributed by atoms with van der Waals surface area (Å²) in [6, 6.07) is 0. The zero-order chi connectivity index (χ0) is 17.1. The first-order valence-corrected chi connectivity index (χ1v) is 7.87. The van der Waals surface area contributed by atoms with Gasteiger partial charge in [0.25, 0.3) is 0 Å². The first kappa shape index (κ1) is 23.4. The van der Waals surface area contributed by atoms with E-state index in [1.54, 1.807) is 28.3 Å². The van der Waals surface area contributed by atoms with Gasteiger partial charge in [-0.3, -0.25) is 4.79 Å². The number of carbonyl (C=O) groups is 1. The average molecular weight is 458 g/mol. The third kappa shape index (κ3) is 8.45. The van der Waals surface area contributed by atoms with E-state index in [2.05, 4.69) is 15.6 Å². The van der Waals surface area contributed by atoms with E-state index in [-0.39, 0.29) is 42.0 Å². The summed E-state index contributed by atoms with van der Waals surface area (Å²) in [5.74, 6) is 0.533. The van der Waals surface area contributed by atoms with Crippen molar-refractivity contribution in [1.29, 1.82) is 0 Å². The number of hydrogen-bond acceptors (Lipinski definition) is 5. The minimum Gasteiger partial charge on any atom is -0.383 e. The van der Waals surface area contributed by atoms with Gasteiger partial charge in [0.05, 0.1) is 12.2 Å².